The molecule has 0 saturated carbocycles. The van der Waals surface area contributed by atoms with Crippen molar-refractivity contribution in [1.29, 1.82) is 0 Å². The highest BCUT2D eigenvalue weighted by atomic mass is 32.2. The summed E-state index contributed by atoms with van der Waals surface area (Å²) in [4.78, 5) is 4.10. The van der Waals surface area contributed by atoms with Gasteiger partial charge < -0.3 is 5.32 Å². The minimum Gasteiger partial charge on any atom is -0.366 e. The van der Waals surface area contributed by atoms with E-state index in [1.807, 2.05) is 0 Å². The van der Waals surface area contributed by atoms with E-state index in [-0.39, 0.29) is 11.5 Å². The molecule has 0 saturated heterocycles. The van der Waals surface area contributed by atoms with Gasteiger partial charge in [-0.15, -0.1) is 10.2 Å². The number of nitrogens with one attached hydrogen (secondary N) is 1. The van der Waals surface area contributed by atoms with Crippen molar-refractivity contribution in [1.82, 2.24) is 19.6 Å². The number of sulfone groups is 1. The first-order chi connectivity index (χ1) is 8.12. The fourth-order valence-electron chi connectivity index (χ4n) is 1.35. The first kappa shape index (κ1) is 11.8. The average molecular weight is 255 g/mol. The van der Waals surface area contributed by atoms with Gasteiger partial charge in [0.2, 0.25) is 5.65 Å². The average Bonchev–Trinajstić information content (AvgIpc) is 2.78. The van der Waals surface area contributed by atoms with Crippen molar-refractivity contribution in [3.63, 3.8) is 0 Å². The van der Waals surface area contributed by atoms with Gasteiger partial charge in [0.1, 0.15) is 6.33 Å². The normalized spacial score (nSPS) is 11.8. The quantitative estimate of drug-likeness (QED) is 0.807. The van der Waals surface area contributed by atoms with Crippen LogP contribution in [0.4, 0.5) is 5.82 Å². The molecule has 0 radical (unpaired) electrons. The molecule has 0 fully saturated rings. The van der Waals surface area contributed by atoms with E-state index in [4.69, 9.17) is 0 Å². The van der Waals surface area contributed by atoms with E-state index in [0.717, 1.165) is 0 Å². The molecule has 1 N–H and O–H groups in total. The Labute approximate surface area is 98.8 Å². The first-order valence-corrected chi connectivity index (χ1v) is 7.03. The zero-order valence-electron chi connectivity index (χ0n) is 9.37. The van der Waals surface area contributed by atoms with Crippen molar-refractivity contribution in [2.75, 3.05) is 23.4 Å². The number of aromatic nitrogens is 4. The summed E-state index contributed by atoms with van der Waals surface area (Å²) < 4.78 is 24.3. The molecular formula is C9H13N5O2S. The molecule has 0 aliphatic rings. The van der Waals surface area contributed by atoms with E-state index in [1.165, 1.54) is 0 Å². The van der Waals surface area contributed by atoms with Gasteiger partial charge in [0.05, 0.1) is 5.75 Å². The van der Waals surface area contributed by atoms with Gasteiger partial charge >= 0.3 is 0 Å². The number of fused-ring (bicyclic) bond motifs is 1. The van der Waals surface area contributed by atoms with Crippen molar-refractivity contribution in [3.05, 3.63) is 18.7 Å². The zero-order chi connectivity index (χ0) is 12.3. The van der Waals surface area contributed by atoms with Gasteiger partial charge in [0.25, 0.3) is 0 Å². The maximum absolute atomic E-state index is 11.3. The maximum atomic E-state index is 11.3. The second kappa shape index (κ2) is 4.66. The number of rotatable bonds is 5. The van der Waals surface area contributed by atoms with Crippen molar-refractivity contribution in [2.45, 2.75) is 6.92 Å². The third-order valence-electron chi connectivity index (χ3n) is 2.36. The summed E-state index contributed by atoms with van der Waals surface area (Å²) in [5.41, 5.74) is 0.585. The van der Waals surface area contributed by atoms with Crippen LogP contribution in [-0.4, -0.2) is 46.1 Å². The first-order valence-electron chi connectivity index (χ1n) is 5.21. The predicted molar refractivity (Wildman–Crippen MR) is 63.6 cm³/mol. The van der Waals surface area contributed by atoms with Crippen LogP contribution in [0.3, 0.4) is 0 Å². The van der Waals surface area contributed by atoms with E-state index in [1.54, 1.807) is 30.0 Å². The lowest BCUT2D eigenvalue weighted by Gasteiger charge is -2.05. The van der Waals surface area contributed by atoms with Gasteiger partial charge in [0.15, 0.2) is 15.7 Å². The van der Waals surface area contributed by atoms with E-state index < -0.39 is 9.84 Å². The molecule has 7 nitrogen and oxygen atoms in total. The third kappa shape index (κ3) is 2.70. The molecule has 2 heterocycles. The molecule has 17 heavy (non-hydrogen) atoms. The Balaban J connectivity index is 2.07. The number of hydrogen-bond donors (Lipinski definition) is 1. The van der Waals surface area contributed by atoms with Gasteiger partial charge in [-0.3, -0.25) is 4.40 Å². The van der Waals surface area contributed by atoms with Crippen molar-refractivity contribution in [3.8, 4) is 0 Å². The summed E-state index contributed by atoms with van der Waals surface area (Å²) in [5.74, 6) is 0.772. The summed E-state index contributed by atoms with van der Waals surface area (Å²) in [6, 6.07) is 0. The molecule has 8 heteroatoms. The minimum absolute atomic E-state index is 0.0837. The van der Waals surface area contributed by atoms with Crippen molar-refractivity contribution in [2.24, 2.45) is 0 Å². The monoisotopic (exact) mass is 255 g/mol. The van der Waals surface area contributed by atoms with Gasteiger partial charge in [-0.25, -0.2) is 13.4 Å². The smallest absolute Gasteiger partial charge is 0.203 e. The van der Waals surface area contributed by atoms with Gasteiger partial charge in [-0.1, -0.05) is 6.92 Å². The van der Waals surface area contributed by atoms with Crippen LogP contribution < -0.4 is 5.32 Å². The Hall–Kier alpha value is -1.70. The Morgan fingerprint density at radius 1 is 1.47 bits per heavy atom. The molecule has 92 valence electrons. The van der Waals surface area contributed by atoms with Gasteiger partial charge in [-0.05, 0) is 0 Å². The van der Waals surface area contributed by atoms with Crippen molar-refractivity contribution >= 4 is 21.3 Å². The molecule has 0 unspecified atom stereocenters. The molecular weight excluding hydrogens is 242 g/mol. The Kier molecular flexibility index (Phi) is 3.23. The lowest BCUT2D eigenvalue weighted by atomic mass is 10.6. The highest BCUT2D eigenvalue weighted by Crippen LogP contribution is 2.08. The molecule has 2 rings (SSSR count). The topological polar surface area (TPSA) is 89.2 Å². The van der Waals surface area contributed by atoms with E-state index in [2.05, 4.69) is 20.5 Å². The molecule has 0 aliphatic heterocycles. The Morgan fingerprint density at radius 2 is 2.29 bits per heavy atom. The predicted octanol–water partition coefficient (Wildman–Crippen LogP) is -0.0291. The van der Waals surface area contributed by atoms with E-state index in [9.17, 15) is 8.42 Å². The lowest BCUT2D eigenvalue weighted by Crippen LogP contribution is -2.18. The molecule has 0 aromatic carbocycles. The van der Waals surface area contributed by atoms with Crippen LogP contribution in [0.1, 0.15) is 6.92 Å². The number of nitrogens with zero attached hydrogens (tertiary/aromatic N) is 4. The Morgan fingerprint density at radius 3 is 3.06 bits per heavy atom. The second-order valence-electron chi connectivity index (χ2n) is 3.50. The third-order valence-corrected chi connectivity index (χ3v) is 4.07. The maximum Gasteiger partial charge on any atom is 0.203 e. The molecule has 2 aromatic heterocycles. The molecule has 0 atom stereocenters. The molecule has 2 aromatic rings. The van der Waals surface area contributed by atoms with E-state index in [0.29, 0.717) is 18.0 Å². The van der Waals surface area contributed by atoms with Crippen LogP contribution in [0.15, 0.2) is 18.7 Å². The summed E-state index contributed by atoms with van der Waals surface area (Å²) >= 11 is 0. The van der Waals surface area contributed by atoms with Crippen LogP contribution >= 0.6 is 0 Å². The second-order valence-corrected chi connectivity index (χ2v) is 5.97. The highest BCUT2D eigenvalue weighted by molar-refractivity contribution is 7.91. The SMILES string of the molecule is CCS(=O)(=O)CCNc1nccn2cnnc12. The molecule has 0 aliphatic carbocycles. The van der Waals surface area contributed by atoms with Crippen LogP contribution in [-0.2, 0) is 9.84 Å². The Bertz CT molecular complexity index is 607. The zero-order valence-corrected chi connectivity index (χ0v) is 10.2. The standard InChI is InChI=1S/C9H13N5O2S/c1-2-17(15,16)6-4-11-8-9-13-12-7-14(9)5-3-10-8/h3,5,7H,2,4,6H2,1H3,(H,10,11). The fraction of sp³-hybridized carbons (Fsp3) is 0.444. The lowest BCUT2D eigenvalue weighted by molar-refractivity contribution is 0.597. The number of hydrogen-bond acceptors (Lipinski definition) is 6. The van der Waals surface area contributed by atoms with Crippen LogP contribution in [0, 0.1) is 0 Å². The van der Waals surface area contributed by atoms with Gasteiger partial charge in [-0.2, -0.15) is 0 Å². The molecule has 0 amide bonds. The largest absolute Gasteiger partial charge is 0.366 e. The molecule has 0 bridgehead atoms. The summed E-state index contributed by atoms with van der Waals surface area (Å²) in [6.07, 6.45) is 4.89. The summed E-state index contributed by atoms with van der Waals surface area (Å²) in [6.45, 7) is 1.95. The van der Waals surface area contributed by atoms with Crippen LogP contribution in [0.5, 0.6) is 0 Å². The van der Waals surface area contributed by atoms with Gasteiger partial charge in [0, 0.05) is 24.7 Å². The van der Waals surface area contributed by atoms with Crippen molar-refractivity contribution < 1.29 is 8.42 Å². The summed E-state index contributed by atoms with van der Waals surface area (Å²) in [7, 11) is -2.96. The highest BCUT2D eigenvalue weighted by Gasteiger charge is 2.08. The number of anilines is 1. The fourth-order valence-corrected chi connectivity index (χ4v) is 2.05. The van der Waals surface area contributed by atoms with Crippen LogP contribution in [0.2, 0.25) is 0 Å². The minimum atomic E-state index is -2.96. The molecule has 0 spiro atoms. The summed E-state index contributed by atoms with van der Waals surface area (Å²) in [5, 5.41) is 10.6. The van der Waals surface area contributed by atoms with Crippen LogP contribution in [0.25, 0.3) is 5.65 Å². The van der Waals surface area contributed by atoms with E-state index >= 15 is 0 Å².